The van der Waals surface area contributed by atoms with Crippen molar-refractivity contribution in [2.75, 3.05) is 0 Å². The van der Waals surface area contributed by atoms with E-state index in [-0.39, 0.29) is 6.03 Å². The highest BCUT2D eigenvalue weighted by Gasteiger charge is 2.44. The maximum atomic E-state index is 14.9. The van der Waals surface area contributed by atoms with Gasteiger partial charge in [0, 0.05) is 0 Å². The van der Waals surface area contributed by atoms with Gasteiger partial charge in [-0.05, 0) is 57.3 Å². The summed E-state index contributed by atoms with van der Waals surface area (Å²) in [5.74, 6) is 0. The molecule has 0 aromatic heterocycles. The van der Waals surface area contributed by atoms with Crippen LogP contribution in [-0.4, -0.2) is 6.03 Å². The molecule has 214 valence electrons. The fourth-order valence-corrected chi connectivity index (χ4v) is 6.98. The molecule has 0 fully saturated rings. The summed E-state index contributed by atoms with van der Waals surface area (Å²) in [6.07, 6.45) is 1.79. The Morgan fingerprint density at radius 1 is 0.477 bits per heavy atom. The van der Waals surface area contributed by atoms with Crippen LogP contribution < -0.4 is 10.6 Å². The molecule has 2 amide bonds. The number of aryl methyl sites for hydroxylation is 2. The van der Waals surface area contributed by atoms with Gasteiger partial charge in [0.25, 0.3) is 0 Å². The molecule has 0 aliphatic heterocycles. The molecule has 44 heavy (non-hydrogen) atoms. The van der Waals surface area contributed by atoms with Gasteiger partial charge in [-0.15, -0.1) is 0 Å². The number of nitrogens with one attached hydrogen (secondary N) is 2. The molecule has 3 nitrogen and oxygen atoms in total. The molecule has 0 heterocycles. The third-order valence-corrected chi connectivity index (χ3v) is 8.94. The van der Waals surface area contributed by atoms with Crippen molar-refractivity contribution >= 4 is 6.03 Å². The molecule has 0 atom stereocenters. The molecule has 6 aromatic carbocycles. The number of hydrogen-bond donors (Lipinski definition) is 2. The molecule has 2 N–H and O–H groups in total. The van der Waals surface area contributed by atoms with Crippen molar-refractivity contribution in [3.63, 3.8) is 0 Å². The fraction of sp³-hybridized carbons (Fsp3) is 0.0976. The average molecular weight is 571 g/mol. The van der Waals surface area contributed by atoms with E-state index < -0.39 is 11.1 Å². The van der Waals surface area contributed by atoms with Crippen LogP contribution in [0.3, 0.4) is 0 Å². The van der Waals surface area contributed by atoms with Gasteiger partial charge in [0.1, 0.15) is 11.1 Å². The van der Waals surface area contributed by atoms with Crippen molar-refractivity contribution < 1.29 is 4.79 Å². The van der Waals surface area contributed by atoms with Crippen LogP contribution in [-0.2, 0) is 23.9 Å². The second-order valence-electron chi connectivity index (χ2n) is 11.4. The van der Waals surface area contributed by atoms with Crippen molar-refractivity contribution in [3.8, 4) is 0 Å². The van der Waals surface area contributed by atoms with Gasteiger partial charge in [-0.1, -0.05) is 170 Å². The molecule has 0 saturated carbocycles. The summed E-state index contributed by atoms with van der Waals surface area (Å²) in [6, 6.07) is 57.9. The van der Waals surface area contributed by atoms with E-state index in [4.69, 9.17) is 0 Å². The number of fused-ring (bicyclic) bond motifs is 2. The van der Waals surface area contributed by atoms with E-state index in [1.165, 1.54) is 11.1 Å². The number of hydrogen-bond acceptors (Lipinski definition) is 1. The second kappa shape index (κ2) is 11.7. The Kier molecular flexibility index (Phi) is 7.29. The predicted molar refractivity (Wildman–Crippen MR) is 177 cm³/mol. The minimum absolute atomic E-state index is 0.267. The third kappa shape index (κ3) is 4.67. The first-order valence-electron chi connectivity index (χ1n) is 15.2. The van der Waals surface area contributed by atoms with Crippen molar-refractivity contribution in [1.29, 1.82) is 0 Å². The summed E-state index contributed by atoms with van der Waals surface area (Å²) in [6.45, 7) is 0. The van der Waals surface area contributed by atoms with E-state index in [1.54, 1.807) is 0 Å². The summed E-state index contributed by atoms with van der Waals surface area (Å²) in [5, 5.41) is 7.17. The molecule has 0 radical (unpaired) electrons. The Morgan fingerprint density at radius 2 is 0.841 bits per heavy atom. The largest absolute Gasteiger partial charge is 0.320 e. The van der Waals surface area contributed by atoms with E-state index in [0.717, 1.165) is 46.2 Å². The van der Waals surface area contributed by atoms with Crippen LogP contribution in [0, 0.1) is 0 Å². The molecule has 0 saturated heterocycles. The number of urea groups is 1. The number of rotatable bonds is 6. The monoisotopic (exact) mass is 570 g/mol. The molecular weight excluding hydrogens is 536 g/mol. The Balaban J connectivity index is 1.45. The summed E-state index contributed by atoms with van der Waals surface area (Å²) >= 11 is 0. The summed E-state index contributed by atoms with van der Waals surface area (Å²) in [5.41, 5.74) is 6.73. The standard InChI is InChI=1S/C41H34N2O/c44-39(42-40(33-19-5-1-6-20-33,34-21-7-2-8-22-34)35-23-9-3-10-24-35)43-41(36-25-11-4-12-26-36)37-27-15-13-17-31(37)29-30-32-18-14-16-28-38(32)41/h1-28H,29-30H2,(H2,42,43,44). The number of carbonyl (C=O) groups is 1. The van der Waals surface area contributed by atoms with Crippen LogP contribution in [0.2, 0.25) is 0 Å². The van der Waals surface area contributed by atoms with Crippen LogP contribution in [0.1, 0.15) is 44.5 Å². The molecule has 6 aromatic rings. The molecule has 1 aliphatic carbocycles. The first-order valence-corrected chi connectivity index (χ1v) is 15.2. The first-order chi connectivity index (χ1) is 21.7. The lowest BCUT2D eigenvalue weighted by molar-refractivity contribution is 0.227. The van der Waals surface area contributed by atoms with Gasteiger partial charge in [-0.3, -0.25) is 0 Å². The first kappa shape index (κ1) is 27.4. The normalized spacial score (nSPS) is 13.5. The van der Waals surface area contributed by atoms with Gasteiger partial charge in [0.15, 0.2) is 0 Å². The molecule has 7 rings (SSSR count). The van der Waals surface area contributed by atoms with E-state index in [0.29, 0.717) is 0 Å². The zero-order valence-corrected chi connectivity index (χ0v) is 24.5. The minimum Gasteiger partial charge on any atom is -0.320 e. The zero-order chi connectivity index (χ0) is 29.8. The average Bonchev–Trinajstić information content (AvgIpc) is 3.24. The SMILES string of the molecule is O=C(NC(c1ccccc1)(c1ccccc1)c1ccccc1)NC1(c2ccccc2)c2ccccc2CCc2ccccc21. The minimum atomic E-state index is -0.949. The zero-order valence-electron chi connectivity index (χ0n) is 24.5. The highest BCUT2D eigenvalue weighted by Crippen LogP contribution is 2.43. The van der Waals surface area contributed by atoms with E-state index in [9.17, 15) is 4.79 Å². The maximum absolute atomic E-state index is 14.9. The van der Waals surface area contributed by atoms with Gasteiger partial charge in [0.2, 0.25) is 0 Å². The van der Waals surface area contributed by atoms with Gasteiger partial charge < -0.3 is 10.6 Å². The summed E-state index contributed by atoms with van der Waals surface area (Å²) in [4.78, 5) is 14.9. The van der Waals surface area contributed by atoms with Crippen molar-refractivity contribution in [1.82, 2.24) is 10.6 Å². The van der Waals surface area contributed by atoms with E-state index >= 15 is 0 Å². The smallest absolute Gasteiger partial charge is 0.317 e. The Morgan fingerprint density at radius 3 is 1.27 bits per heavy atom. The van der Waals surface area contributed by atoms with Crippen molar-refractivity contribution in [3.05, 3.63) is 214 Å². The Bertz CT molecular complexity index is 1720. The van der Waals surface area contributed by atoms with Gasteiger partial charge in [-0.2, -0.15) is 0 Å². The van der Waals surface area contributed by atoms with Gasteiger partial charge >= 0.3 is 6.03 Å². The van der Waals surface area contributed by atoms with Crippen LogP contribution in [0.5, 0.6) is 0 Å². The maximum Gasteiger partial charge on any atom is 0.317 e. The van der Waals surface area contributed by atoms with Crippen LogP contribution >= 0.6 is 0 Å². The Labute approximate surface area is 259 Å². The highest BCUT2D eigenvalue weighted by atomic mass is 16.2. The van der Waals surface area contributed by atoms with Crippen molar-refractivity contribution in [2.45, 2.75) is 23.9 Å². The molecule has 0 unspecified atom stereocenters. The molecule has 0 bridgehead atoms. The highest BCUT2D eigenvalue weighted by molar-refractivity contribution is 5.81. The predicted octanol–water partition coefficient (Wildman–Crippen LogP) is 8.37. The second-order valence-corrected chi connectivity index (χ2v) is 11.4. The molecule has 1 aliphatic rings. The lowest BCUT2D eigenvalue weighted by Crippen LogP contribution is -2.57. The topological polar surface area (TPSA) is 41.1 Å². The van der Waals surface area contributed by atoms with Gasteiger partial charge in [-0.25, -0.2) is 4.79 Å². The Hall–Kier alpha value is -5.41. The van der Waals surface area contributed by atoms with Gasteiger partial charge in [0.05, 0.1) is 0 Å². The third-order valence-electron chi connectivity index (χ3n) is 8.94. The summed E-state index contributed by atoms with van der Waals surface area (Å²) < 4.78 is 0. The lowest BCUT2D eigenvalue weighted by Gasteiger charge is -2.41. The molecule has 0 spiro atoms. The summed E-state index contributed by atoms with van der Waals surface area (Å²) in [7, 11) is 0. The van der Waals surface area contributed by atoms with Crippen LogP contribution in [0.15, 0.2) is 170 Å². The quantitative estimate of drug-likeness (QED) is 0.194. The van der Waals surface area contributed by atoms with E-state index in [1.807, 2.05) is 60.7 Å². The van der Waals surface area contributed by atoms with E-state index in [2.05, 4.69) is 120 Å². The number of amides is 2. The fourth-order valence-electron chi connectivity index (χ4n) is 6.98. The molecule has 3 heteroatoms. The lowest BCUT2D eigenvalue weighted by atomic mass is 9.74. The van der Waals surface area contributed by atoms with Crippen LogP contribution in [0.25, 0.3) is 0 Å². The van der Waals surface area contributed by atoms with Crippen LogP contribution in [0.4, 0.5) is 4.79 Å². The number of carbonyl (C=O) groups excluding carboxylic acids is 1. The number of benzene rings is 6. The molecular formula is C41H34N2O. The van der Waals surface area contributed by atoms with Crippen molar-refractivity contribution in [2.24, 2.45) is 0 Å².